The maximum absolute atomic E-state index is 12.4. The van der Waals surface area contributed by atoms with Crippen LogP contribution in [0.4, 0.5) is 16.4 Å². The van der Waals surface area contributed by atoms with Crippen molar-refractivity contribution in [3.05, 3.63) is 30.6 Å². The quantitative estimate of drug-likeness (QED) is 0.908. The molecule has 1 atom stereocenters. The van der Waals surface area contributed by atoms with Crippen LogP contribution in [0.15, 0.2) is 30.6 Å². The summed E-state index contributed by atoms with van der Waals surface area (Å²) in [4.78, 5) is 20.9. The second-order valence-electron chi connectivity index (χ2n) is 6.80. The minimum absolute atomic E-state index is 0.0185. The number of pyridine rings is 1. The highest BCUT2D eigenvalue weighted by atomic mass is 16.5. The summed E-state index contributed by atoms with van der Waals surface area (Å²) in [7, 11) is 1.82. The van der Waals surface area contributed by atoms with Gasteiger partial charge < -0.3 is 14.5 Å². The van der Waals surface area contributed by atoms with E-state index in [1.54, 1.807) is 21.8 Å². The third kappa shape index (κ3) is 3.58. The zero-order valence-electron chi connectivity index (χ0n) is 15.0. The summed E-state index contributed by atoms with van der Waals surface area (Å²) in [6.45, 7) is 3.28. The van der Waals surface area contributed by atoms with E-state index in [0.717, 1.165) is 31.1 Å². The average molecular weight is 356 g/mol. The number of urea groups is 1. The van der Waals surface area contributed by atoms with E-state index in [4.69, 9.17) is 4.74 Å². The van der Waals surface area contributed by atoms with Gasteiger partial charge in [0.05, 0.1) is 6.54 Å². The van der Waals surface area contributed by atoms with Crippen LogP contribution in [-0.4, -0.2) is 58.0 Å². The largest absolute Gasteiger partial charge is 0.485 e. The monoisotopic (exact) mass is 356 g/mol. The lowest BCUT2D eigenvalue weighted by Crippen LogP contribution is -2.34. The molecule has 8 heteroatoms. The lowest BCUT2D eigenvalue weighted by molar-refractivity contribution is 0.194. The van der Waals surface area contributed by atoms with E-state index >= 15 is 0 Å². The Morgan fingerprint density at radius 1 is 1.27 bits per heavy atom. The number of carbonyl (C=O) groups excluding carboxylic acids is 1. The van der Waals surface area contributed by atoms with Gasteiger partial charge in [0.1, 0.15) is 6.10 Å². The van der Waals surface area contributed by atoms with Crippen molar-refractivity contribution in [1.82, 2.24) is 19.7 Å². The minimum Gasteiger partial charge on any atom is -0.485 e. The highest BCUT2D eigenvalue weighted by molar-refractivity contribution is 5.88. The minimum atomic E-state index is -0.138. The molecule has 0 bridgehead atoms. The summed E-state index contributed by atoms with van der Waals surface area (Å²) in [6, 6.07) is 5.51. The first-order valence-corrected chi connectivity index (χ1v) is 9.11. The molecule has 2 aromatic heterocycles. The first-order valence-electron chi connectivity index (χ1n) is 9.11. The predicted octanol–water partition coefficient (Wildman–Crippen LogP) is 2.10. The van der Waals surface area contributed by atoms with E-state index in [2.05, 4.69) is 20.3 Å². The Morgan fingerprint density at radius 2 is 2.12 bits per heavy atom. The van der Waals surface area contributed by atoms with Crippen molar-refractivity contribution in [3.63, 3.8) is 0 Å². The number of aryl methyl sites for hydroxylation is 1. The summed E-state index contributed by atoms with van der Waals surface area (Å²) < 4.78 is 7.87. The van der Waals surface area contributed by atoms with E-state index in [1.165, 1.54) is 12.8 Å². The molecule has 0 saturated carbocycles. The molecule has 1 N–H and O–H groups in total. The molecule has 2 aliphatic rings. The van der Waals surface area contributed by atoms with Crippen molar-refractivity contribution in [3.8, 4) is 5.75 Å². The Hall–Kier alpha value is -2.77. The van der Waals surface area contributed by atoms with Crippen molar-refractivity contribution in [2.24, 2.45) is 7.05 Å². The van der Waals surface area contributed by atoms with Crippen molar-refractivity contribution >= 4 is 17.7 Å². The number of aromatic nitrogens is 3. The number of nitrogens with zero attached hydrogens (tertiary/aromatic N) is 5. The maximum atomic E-state index is 12.4. The SMILES string of the molecule is Cn1ccc(NC(=O)N2CC[C@@H](Oc3cccnc3N3CCCC3)C2)n1. The molecule has 0 aromatic carbocycles. The highest BCUT2D eigenvalue weighted by Gasteiger charge is 2.29. The van der Waals surface area contributed by atoms with Crippen LogP contribution in [-0.2, 0) is 7.05 Å². The summed E-state index contributed by atoms with van der Waals surface area (Å²) in [5.41, 5.74) is 0. The lowest BCUT2D eigenvalue weighted by Gasteiger charge is -2.22. The summed E-state index contributed by atoms with van der Waals surface area (Å²) >= 11 is 0. The van der Waals surface area contributed by atoms with Gasteiger partial charge in [0.15, 0.2) is 17.4 Å². The number of carbonyl (C=O) groups is 1. The van der Waals surface area contributed by atoms with Crippen LogP contribution in [0.1, 0.15) is 19.3 Å². The molecule has 2 fully saturated rings. The molecule has 2 aliphatic heterocycles. The fourth-order valence-corrected chi connectivity index (χ4v) is 3.50. The number of amides is 2. The smallest absolute Gasteiger partial charge is 0.323 e. The van der Waals surface area contributed by atoms with Gasteiger partial charge in [0.25, 0.3) is 0 Å². The Labute approximate surface area is 152 Å². The molecule has 0 radical (unpaired) electrons. The number of hydrogen-bond donors (Lipinski definition) is 1. The normalized spacial score (nSPS) is 19.8. The van der Waals surface area contributed by atoms with Gasteiger partial charge in [-0.15, -0.1) is 0 Å². The van der Waals surface area contributed by atoms with Gasteiger partial charge in [-0.3, -0.25) is 10.00 Å². The topological polar surface area (TPSA) is 75.5 Å². The van der Waals surface area contributed by atoms with Gasteiger partial charge in [-0.05, 0) is 25.0 Å². The van der Waals surface area contributed by atoms with Gasteiger partial charge in [-0.1, -0.05) is 0 Å². The molecular formula is C18H24N6O2. The van der Waals surface area contributed by atoms with Gasteiger partial charge in [-0.2, -0.15) is 5.10 Å². The third-order valence-electron chi connectivity index (χ3n) is 4.83. The predicted molar refractivity (Wildman–Crippen MR) is 98.5 cm³/mol. The molecule has 26 heavy (non-hydrogen) atoms. The van der Waals surface area contributed by atoms with Crippen molar-refractivity contribution in [2.75, 3.05) is 36.4 Å². The highest BCUT2D eigenvalue weighted by Crippen LogP contribution is 2.30. The van der Waals surface area contributed by atoms with Crippen LogP contribution in [0.5, 0.6) is 5.75 Å². The van der Waals surface area contributed by atoms with Crippen molar-refractivity contribution in [2.45, 2.75) is 25.4 Å². The molecule has 4 rings (SSSR count). The summed E-state index contributed by atoms with van der Waals surface area (Å²) in [6.07, 6.45) is 6.79. The second-order valence-corrected chi connectivity index (χ2v) is 6.80. The van der Waals surface area contributed by atoms with Crippen molar-refractivity contribution < 1.29 is 9.53 Å². The first kappa shape index (κ1) is 16.7. The van der Waals surface area contributed by atoms with E-state index < -0.39 is 0 Å². The number of anilines is 2. The third-order valence-corrected chi connectivity index (χ3v) is 4.83. The number of hydrogen-bond acceptors (Lipinski definition) is 5. The molecule has 2 aromatic rings. The second kappa shape index (κ2) is 7.23. The Morgan fingerprint density at radius 3 is 2.88 bits per heavy atom. The van der Waals surface area contributed by atoms with E-state index in [0.29, 0.717) is 18.9 Å². The summed E-state index contributed by atoms with van der Waals surface area (Å²) in [5, 5.41) is 7.00. The molecule has 0 unspecified atom stereocenters. The Balaban J connectivity index is 1.36. The fourth-order valence-electron chi connectivity index (χ4n) is 3.50. The fraction of sp³-hybridized carbons (Fsp3) is 0.500. The summed E-state index contributed by atoms with van der Waals surface area (Å²) in [5.74, 6) is 2.29. The van der Waals surface area contributed by atoms with E-state index in [-0.39, 0.29) is 12.1 Å². The first-order chi connectivity index (χ1) is 12.7. The van der Waals surface area contributed by atoms with E-state index in [1.807, 2.05) is 25.4 Å². The van der Waals surface area contributed by atoms with E-state index in [9.17, 15) is 4.79 Å². The number of nitrogens with one attached hydrogen (secondary N) is 1. The molecule has 4 heterocycles. The van der Waals surface area contributed by atoms with Crippen LogP contribution in [0, 0.1) is 0 Å². The number of rotatable bonds is 4. The van der Waals surface area contributed by atoms with Gasteiger partial charge >= 0.3 is 6.03 Å². The van der Waals surface area contributed by atoms with Crippen molar-refractivity contribution in [1.29, 1.82) is 0 Å². The molecule has 2 saturated heterocycles. The Kier molecular flexibility index (Phi) is 4.64. The zero-order valence-corrected chi connectivity index (χ0v) is 15.0. The van der Waals surface area contributed by atoms with Crippen LogP contribution >= 0.6 is 0 Å². The number of likely N-dealkylation sites (tertiary alicyclic amines) is 1. The lowest BCUT2D eigenvalue weighted by atomic mass is 10.3. The molecule has 138 valence electrons. The van der Waals surface area contributed by atoms with Gasteiger partial charge in [-0.25, -0.2) is 9.78 Å². The average Bonchev–Trinajstić information content (AvgIpc) is 3.38. The molecule has 0 spiro atoms. The molecule has 2 amide bonds. The maximum Gasteiger partial charge on any atom is 0.323 e. The van der Waals surface area contributed by atoms with Crippen LogP contribution in [0.25, 0.3) is 0 Å². The molecular weight excluding hydrogens is 332 g/mol. The number of ether oxygens (including phenoxy) is 1. The van der Waals surface area contributed by atoms with Crippen LogP contribution < -0.4 is 15.0 Å². The Bertz CT molecular complexity index is 771. The molecule has 0 aliphatic carbocycles. The van der Waals surface area contributed by atoms with Gasteiger partial charge in [0, 0.05) is 51.6 Å². The molecule has 8 nitrogen and oxygen atoms in total. The van der Waals surface area contributed by atoms with Crippen LogP contribution in [0.2, 0.25) is 0 Å². The standard InChI is InChI=1S/C18H24N6O2/c1-22-11-7-16(21-22)20-18(25)24-12-6-14(13-24)26-15-5-4-8-19-17(15)23-9-2-3-10-23/h4-5,7-8,11,14H,2-3,6,9-10,12-13H2,1H3,(H,20,21,25)/t14-/m1/s1. The van der Waals surface area contributed by atoms with Gasteiger partial charge in [0.2, 0.25) is 0 Å². The zero-order chi connectivity index (χ0) is 17.9. The van der Waals surface area contributed by atoms with Crippen LogP contribution in [0.3, 0.4) is 0 Å².